The second kappa shape index (κ2) is 4.37. The van der Waals surface area contributed by atoms with Crippen molar-refractivity contribution in [2.24, 2.45) is 0 Å². The molecule has 2 aromatic rings. The molecule has 0 amide bonds. The monoisotopic (exact) mass is 278 g/mol. The van der Waals surface area contributed by atoms with Gasteiger partial charge in [-0.3, -0.25) is 0 Å². The number of rotatable bonds is 4. The Labute approximate surface area is 112 Å². The van der Waals surface area contributed by atoms with Crippen LogP contribution >= 0.6 is 0 Å². The third-order valence-corrected chi connectivity index (χ3v) is 2.76. The molecular formula is C11H10N4O5. The number of aromatic nitrogens is 3. The summed E-state index contributed by atoms with van der Waals surface area (Å²) in [6.45, 7) is 1.89. The molecular weight excluding hydrogens is 268 g/mol. The van der Waals surface area contributed by atoms with Gasteiger partial charge in [-0.2, -0.15) is 0 Å². The van der Waals surface area contributed by atoms with Crippen molar-refractivity contribution in [1.29, 1.82) is 0 Å². The van der Waals surface area contributed by atoms with Crippen LogP contribution in [0.3, 0.4) is 0 Å². The molecule has 0 radical (unpaired) electrons. The Bertz CT molecular complexity index is 666. The van der Waals surface area contributed by atoms with Crippen molar-refractivity contribution in [2.45, 2.75) is 19.3 Å². The van der Waals surface area contributed by atoms with Gasteiger partial charge in [0, 0.05) is 6.92 Å². The molecule has 3 rings (SSSR count). The van der Waals surface area contributed by atoms with Crippen molar-refractivity contribution < 1.29 is 18.8 Å². The van der Waals surface area contributed by atoms with Gasteiger partial charge in [0.05, 0.1) is 5.10 Å². The maximum atomic E-state index is 10.5. The molecule has 0 unspecified atom stereocenters. The second-order valence-electron chi connectivity index (χ2n) is 4.21. The summed E-state index contributed by atoms with van der Waals surface area (Å²) in [5.41, 5.74) is 0. The molecule has 9 nitrogen and oxygen atoms in total. The third kappa shape index (κ3) is 2.09. The first kappa shape index (κ1) is 12.2. The Balaban J connectivity index is 1.75. The predicted octanol–water partition coefficient (Wildman–Crippen LogP) is 1.52. The van der Waals surface area contributed by atoms with E-state index < -0.39 is 10.7 Å². The van der Waals surface area contributed by atoms with E-state index >= 15 is 0 Å². The van der Waals surface area contributed by atoms with E-state index in [-0.39, 0.29) is 12.4 Å². The summed E-state index contributed by atoms with van der Waals surface area (Å²) in [5, 5.41) is 18.0. The molecule has 0 saturated carbocycles. The van der Waals surface area contributed by atoms with Crippen molar-refractivity contribution in [3.63, 3.8) is 0 Å². The highest BCUT2D eigenvalue weighted by atomic mass is 16.7. The average Bonchev–Trinajstić information content (AvgIpc) is 3.10. The molecule has 1 aliphatic heterocycles. The standard InChI is InChI=1S/C11H10N4O5/c1-11(18-4-5-19-11)9-3-2-8(20-9)7-14-12-6-10(13-14)15(16)17/h2-6H,7H2,1H3. The first-order valence-corrected chi connectivity index (χ1v) is 5.71. The van der Waals surface area contributed by atoms with E-state index in [2.05, 4.69) is 10.2 Å². The Morgan fingerprint density at radius 1 is 1.40 bits per heavy atom. The maximum absolute atomic E-state index is 10.5. The van der Waals surface area contributed by atoms with E-state index in [0.717, 1.165) is 6.20 Å². The van der Waals surface area contributed by atoms with Gasteiger partial charge in [-0.25, -0.2) is 0 Å². The lowest BCUT2D eigenvalue weighted by atomic mass is 10.2. The molecule has 3 heterocycles. The van der Waals surface area contributed by atoms with Crippen molar-refractivity contribution in [1.82, 2.24) is 15.0 Å². The Hall–Kier alpha value is -2.84. The van der Waals surface area contributed by atoms with Crippen LogP contribution < -0.4 is 0 Å². The number of nitro groups is 1. The first-order chi connectivity index (χ1) is 9.57. The molecule has 104 valence electrons. The number of hydrogen-bond donors (Lipinski definition) is 0. The lowest BCUT2D eigenvalue weighted by Gasteiger charge is -2.19. The van der Waals surface area contributed by atoms with Crippen LogP contribution in [0.2, 0.25) is 0 Å². The molecule has 0 bridgehead atoms. The normalized spacial score (nSPS) is 15.8. The number of nitrogens with zero attached hydrogens (tertiary/aromatic N) is 4. The van der Waals surface area contributed by atoms with Crippen molar-refractivity contribution in [2.75, 3.05) is 0 Å². The van der Waals surface area contributed by atoms with Gasteiger partial charge in [-0.05, 0) is 17.1 Å². The van der Waals surface area contributed by atoms with Crippen molar-refractivity contribution in [3.8, 4) is 0 Å². The quantitative estimate of drug-likeness (QED) is 0.616. The third-order valence-electron chi connectivity index (χ3n) is 2.76. The van der Waals surface area contributed by atoms with E-state index in [1.54, 1.807) is 19.1 Å². The second-order valence-corrected chi connectivity index (χ2v) is 4.21. The van der Waals surface area contributed by atoms with Crippen LogP contribution in [0.15, 0.2) is 35.3 Å². The summed E-state index contributed by atoms with van der Waals surface area (Å²) in [5.74, 6) is -0.276. The minimum absolute atomic E-state index is 0.178. The largest absolute Gasteiger partial charge is 0.456 e. The fourth-order valence-corrected chi connectivity index (χ4v) is 1.75. The van der Waals surface area contributed by atoms with Crippen LogP contribution in [0, 0.1) is 10.1 Å². The topological polar surface area (TPSA) is 105 Å². The smallest absolute Gasteiger partial charge is 0.410 e. The maximum Gasteiger partial charge on any atom is 0.410 e. The minimum Gasteiger partial charge on any atom is -0.456 e. The zero-order valence-corrected chi connectivity index (χ0v) is 10.4. The highest BCUT2D eigenvalue weighted by Crippen LogP contribution is 2.32. The summed E-state index contributed by atoms with van der Waals surface area (Å²) in [4.78, 5) is 11.1. The molecule has 2 aromatic heterocycles. The van der Waals surface area contributed by atoms with Crippen molar-refractivity contribution >= 4 is 5.82 Å². The molecule has 1 aliphatic rings. The molecule has 0 atom stereocenters. The lowest BCUT2D eigenvalue weighted by Crippen LogP contribution is -2.21. The molecule has 0 fully saturated rings. The molecule has 0 spiro atoms. The van der Waals surface area contributed by atoms with Crippen LogP contribution in [-0.4, -0.2) is 19.9 Å². The fraction of sp³-hybridized carbons (Fsp3) is 0.273. The van der Waals surface area contributed by atoms with Crippen molar-refractivity contribution in [3.05, 3.63) is 52.5 Å². The van der Waals surface area contributed by atoms with Gasteiger partial charge >= 0.3 is 11.6 Å². The van der Waals surface area contributed by atoms with Crippen LogP contribution in [-0.2, 0) is 21.8 Å². The van der Waals surface area contributed by atoms with Crippen LogP contribution in [0.1, 0.15) is 18.4 Å². The summed E-state index contributed by atoms with van der Waals surface area (Å²) < 4.78 is 16.2. The summed E-state index contributed by atoms with van der Waals surface area (Å²) >= 11 is 0. The summed E-state index contributed by atoms with van der Waals surface area (Å²) in [6.07, 6.45) is 3.94. The van der Waals surface area contributed by atoms with E-state index in [9.17, 15) is 10.1 Å². The Kier molecular flexibility index (Phi) is 2.67. The fourth-order valence-electron chi connectivity index (χ4n) is 1.75. The number of ether oxygens (including phenoxy) is 2. The van der Waals surface area contributed by atoms with Gasteiger partial charge in [0.25, 0.3) is 0 Å². The van der Waals surface area contributed by atoms with E-state index in [1.165, 1.54) is 17.3 Å². The van der Waals surface area contributed by atoms with E-state index in [0.29, 0.717) is 11.5 Å². The SMILES string of the molecule is CC1(c2ccc(Cn3ncc([N+](=O)[O-])n3)o2)OC=CO1. The van der Waals surface area contributed by atoms with Crippen LogP contribution in [0.4, 0.5) is 5.82 Å². The van der Waals surface area contributed by atoms with E-state index in [4.69, 9.17) is 13.9 Å². The zero-order chi connectivity index (χ0) is 14.2. The minimum atomic E-state index is -0.984. The summed E-state index contributed by atoms with van der Waals surface area (Å²) in [6, 6.07) is 3.42. The van der Waals surface area contributed by atoms with Gasteiger partial charge in [0.2, 0.25) is 0 Å². The molecule has 0 N–H and O–H groups in total. The van der Waals surface area contributed by atoms with Gasteiger partial charge in [0.1, 0.15) is 24.8 Å². The first-order valence-electron chi connectivity index (χ1n) is 5.71. The Morgan fingerprint density at radius 3 is 2.80 bits per heavy atom. The van der Waals surface area contributed by atoms with Gasteiger partial charge in [0.15, 0.2) is 12.0 Å². The molecule has 0 aliphatic carbocycles. The average molecular weight is 278 g/mol. The van der Waals surface area contributed by atoms with E-state index in [1.807, 2.05) is 0 Å². The highest BCUT2D eigenvalue weighted by Gasteiger charge is 2.35. The molecule has 0 aromatic carbocycles. The zero-order valence-electron chi connectivity index (χ0n) is 10.4. The number of hydrogen-bond acceptors (Lipinski definition) is 7. The highest BCUT2D eigenvalue weighted by molar-refractivity contribution is 5.14. The summed E-state index contributed by atoms with van der Waals surface area (Å²) in [7, 11) is 0. The molecule has 20 heavy (non-hydrogen) atoms. The van der Waals surface area contributed by atoms with Crippen LogP contribution in [0.25, 0.3) is 0 Å². The van der Waals surface area contributed by atoms with Gasteiger partial charge in [-0.15, -0.1) is 5.10 Å². The van der Waals surface area contributed by atoms with Crippen LogP contribution in [0.5, 0.6) is 0 Å². The Morgan fingerprint density at radius 2 is 2.15 bits per heavy atom. The molecule has 0 saturated heterocycles. The van der Waals surface area contributed by atoms with Gasteiger partial charge < -0.3 is 24.0 Å². The van der Waals surface area contributed by atoms with Gasteiger partial charge in [-0.1, -0.05) is 4.80 Å². The number of furan rings is 1. The lowest BCUT2D eigenvalue weighted by molar-refractivity contribution is -0.389. The predicted molar refractivity (Wildman–Crippen MR) is 63.1 cm³/mol. The molecule has 9 heteroatoms.